The number of benzene rings is 8. The molecule has 0 fully saturated rings. The van der Waals surface area contributed by atoms with E-state index in [1.54, 1.807) is 0 Å². The molecule has 2 heterocycles. The summed E-state index contributed by atoms with van der Waals surface area (Å²) < 4.78 is 2.30. The zero-order valence-electron chi connectivity index (χ0n) is 28.9. The molecule has 0 amide bonds. The highest BCUT2D eigenvalue weighted by atomic mass is 15.0. The summed E-state index contributed by atoms with van der Waals surface area (Å²) in [7, 11) is 0. The molecule has 53 heavy (non-hydrogen) atoms. The Morgan fingerprint density at radius 3 is 1.68 bits per heavy atom. The van der Waals surface area contributed by atoms with E-state index in [1.165, 1.54) is 38.1 Å². The first kappa shape index (κ1) is 30.7. The van der Waals surface area contributed by atoms with Gasteiger partial charge in [0.25, 0.3) is 0 Å². The number of aromatic nitrogens is 3. The summed E-state index contributed by atoms with van der Waals surface area (Å²) >= 11 is 0. The summed E-state index contributed by atoms with van der Waals surface area (Å²) in [6.45, 7) is 0. The van der Waals surface area contributed by atoms with E-state index in [4.69, 9.17) is 9.97 Å². The fourth-order valence-corrected chi connectivity index (χ4v) is 7.50. The van der Waals surface area contributed by atoms with E-state index in [2.05, 4.69) is 181 Å². The molecule has 10 aromatic rings. The van der Waals surface area contributed by atoms with Gasteiger partial charge in [-0.25, -0.2) is 9.97 Å². The van der Waals surface area contributed by atoms with Crippen molar-refractivity contribution < 1.29 is 0 Å². The lowest BCUT2D eigenvalue weighted by Crippen LogP contribution is -1.96. The molecule has 8 aromatic carbocycles. The third-order valence-corrected chi connectivity index (χ3v) is 10.2. The molecule has 248 valence electrons. The van der Waals surface area contributed by atoms with Crippen molar-refractivity contribution >= 4 is 32.4 Å². The minimum Gasteiger partial charge on any atom is -0.316 e. The van der Waals surface area contributed by atoms with E-state index >= 15 is 0 Å². The first-order chi connectivity index (χ1) is 26.2. The molecule has 0 spiro atoms. The van der Waals surface area contributed by atoms with Crippen LogP contribution in [0.5, 0.6) is 0 Å². The van der Waals surface area contributed by atoms with Crippen LogP contribution in [-0.2, 0) is 0 Å². The molecule has 0 unspecified atom stereocenters. The Morgan fingerprint density at radius 1 is 0.321 bits per heavy atom. The molecule has 0 N–H and O–H groups in total. The monoisotopic (exact) mass is 675 g/mol. The molecule has 0 atom stereocenters. The largest absolute Gasteiger partial charge is 0.316 e. The molecule has 0 saturated carbocycles. The second-order valence-electron chi connectivity index (χ2n) is 13.5. The number of hydrogen-bond acceptors (Lipinski definition) is 2. The highest BCUT2D eigenvalue weighted by Crippen LogP contribution is 2.37. The van der Waals surface area contributed by atoms with E-state index < -0.39 is 0 Å². The van der Waals surface area contributed by atoms with Crippen LogP contribution in [-0.4, -0.2) is 14.5 Å². The van der Waals surface area contributed by atoms with Crippen LogP contribution in [0.4, 0.5) is 0 Å². The Hall–Kier alpha value is -7.10. The zero-order chi connectivity index (χ0) is 35.1. The molecule has 0 aliphatic carbocycles. The summed E-state index contributed by atoms with van der Waals surface area (Å²) in [5.74, 6) is 0.704. The Kier molecular flexibility index (Phi) is 7.47. The Bertz CT molecular complexity index is 2880. The Balaban J connectivity index is 1.16. The van der Waals surface area contributed by atoms with Crippen molar-refractivity contribution in [3.8, 4) is 61.8 Å². The van der Waals surface area contributed by atoms with Crippen molar-refractivity contribution in [2.75, 3.05) is 0 Å². The molecule has 0 saturated heterocycles. The average Bonchev–Trinajstić information content (AvgIpc) is 3.67. The lowest BCUT2D eigenvalue weighted by atomic mass is 9.93. The molecule has 0 aliphatic heterocycles. The van der Waals surface area contributed by atoms with Crippen LogP contribution >= 0.6 is 0 Å². The van der Waals surface area contributed by atoms with Gasteiger partial charge in [-0.1, -0.05) is 140 Å². The number of nitrogens with zero attached hydrogens (tertiary/aromatic N) is 3. The van der Waals surface area contributed by atoms with Crippen LogP contribution in [0.3, 0.4) is 0 Å². The van der Waals surface area contributed by atoms with Gasteiger partial charge in [-0.15, -0.1) is 0 Å². The zero-order valence-corrected chi connectivity index (χ0v) is 28.9. The van der Waals surface area contributed by atoms with Crippen LogP contribution < -0.4 is 0 Å². The maximum absolute atomic E-state index is 5.22. The lowest BCUT2D eigenvalue weighted by molar-refractivity contribution is 1.14. The van der Waals surface area contributed by atoms with Crippen LogP contribution in [0, 0.1) is 0 Å². The summed E-state index contributed by atoms with van der Waals surface area (Å²) in [4.78, 5) is 10.3. The molecule has 0 bridgehead atoms. The van der Waals surface area contributed by atoms with Crippen molar-refractivity contribution in [1.82, 2.24) is 14.5 Å². The van der Waals surface area contributed by atoms with Gasteiger partial charge in [0.1, 0.15) is 0 Å². The first-order valence-electron chi connectivity index (χ1n) is 18.0. The maximum atomic E-state index is 5.22. The SMILES string of the molecule is c1ccc(-c2cc(-c3cc(-c4ccc5ccccc5c4)cc(-c4ccc5c(ccn5-c5cccc6ccccc56)c4)c3)nc(-c3ccccc3)n2)cc1. The van der Waals surface area contributed by atoms with Crippen molar-refractivity contribution in [2.45, 2.75) is 0 Å². The van der Waals surface area contributed by atoms with Crippen LogP contribution in [0.1, 0.15) is 0 Å². The normalized spacial score (nSPS) is 11.4. The van der Waals surface area contributed by atoms with Gasteiger partial charge in [-0.3, -0.25) is 0 Å². The van der Waals surface area contributed by atoms with Crippen molar-refractivity contribution in [1.29, 1.82) is 0 Å². The van der Waals surface area contributed by atoms with Crippen LogP contribution in [0.2, 0.25) is 0 Å². The molecule has 0 radical (unpaired) electrons. The Morgan fingerprint density at radius 2 is 0.906 bits per heavy atom. The summed E-state index contributed by atoms with van der Waals surface area (Å²) in [6.07, 6.45) is 2.18. The standard InChI is InChI=1S/C50H33N3/c1-3-14-36(15-4-1)46-33-47(52-50(51-46)37-16-5-2-6-17-37)44-31-42(39-23-22-34-12-7-8-18-38(34)28-39)30-43(32-44)40-24-25-48-41(29-40)26-27-53(48)49-21-11-19-35-13-9-10-20-45(35)49/h1-33H. The summed E-state index contributed by atoms with van der Waals surface area (Å²) in [5.41, 5.74) is 11.8. The Labute approximate surface area is 308 Å². The molecule has 3 nitrogen and oxygen atoms in total. The van der Waals surface area contributed by atoms with Gasteiger partial charge in [0, 0.05) is 33.7 Å². The lowest BCUT2D eigenvalue weighted by Gasteiger charge is -2.14. The molecule has 10 rings (SSSR count). The minimum absolute atomic E-state index is 0.704. The fourth-order valence-electron chi connectivity index (χ4n) is 7.50. The molecule has 2 aromatic heterocycles. The highest BCUT2D eigenvalue weighted by molar-refractivity contribution is 5.95. The minimum atomic E-state index is 0.704. The van der Waals surface area contributed by atoms with Gasteiger partial charge in [0.15, 0.2) is 5.82 Å². The van der Waals surface area contributed by atoms with Crippen molar-refractivity contribution in [3.05, 3.63) is 200 Å². The fraction of sp³-hybridized carbons (Fsp3) is 0. The molecular formula is C50H33N3. The van der Waals surface area contributed by atoms with E-state index in [-0.39, 0.29) is 0 Å². The number of rotatable bonds is 6. The van der Waals surface area contributed by atoms with Gasteiger partial charge >= 0.3 is 0 Å². The average molecular weight is 676 g/mol. The van der Waals surface area contributed by atoms with Gasteiger partial charge in [-0.2, -0.15) is 0 Å². The molecule has 3 heteroatoms. The van der Waals surface area contributed by atoms with Gasteiger partial charge in [-0.05, 0) is 93.0 Å². The first-order valence-corrected chi connectivity index (χ1v) is 18.0. The van der Waals surface area contributed by atoms with Crippen molar-refractivity contribution in [2.24, 2.45) is 0 Å². The van der Waals surface area contributed by atoms with Gasteiger partial charge in [0.05, 0.1) is 22.6 Å². The van der Waals surface area contributed by atoms with E-state index in [0.29, 0.717) is 5.82 Å². The predicted octanol–water partition coefficient (Wildman–Crippen LogP) is 13.1. The number of fused-ring (bicyclic) bond motifs is 3. The van der Waals surface area contributed by atoms with E-state index in [9.17, 15) is 0 Å². The summed E-state index contributed by atoms with van der Waals surface area (Å²) in [6, 6.07) is 69.0. The maximum Gasteiger partial charge on any atom is 0.160 e. The predicted molar refractivity (Wildman–Crippen MR) is 221 cm³/mol. The van der Waals surface area contributed by atoms with Gasteiger partial charge in [0.2, 0.25) is 0 Å². The molecule has 0 aliphatic rings. The highest BCUT2D eigenvalue weighted by Gasteiger charge is 2.15. The summed E-state index contributed by atoms with van der Waals surface area (Å²) in [5, 5.41) is 6.10. The van der Waals surface area contributed by atoms with Crippen molar-refractivity contribution in [3.63, 3.8) is 0 Å². The topological polar surface area (TPSA) is 30.7 Å². The van der Waals surface area contributed by atoms with Gasteiger partial charge < -0.3 is 4.57 Å². The van der Waals surface area contributed by atoms with Crippen LogP contribution in [0.15, 0.2) is 200 Å². The third kappa shape index (κ3) is 5.75. The van der Waals surface area contributed by atoms with Crippen LogP contribution in [0.25, 0.3) is 94.3 Å². The van der Waals surface area contributed by atoms with E-state index in [0.717, 1.165) is 50.3 Å². The van der Waals surface area contributed by atoms with E-state index in [1.807, 2.05) is 24.3 Å². The molecular weight excluding hydrogens is 643 g/mol. The smallest absolute Gasteiger partial charge is 0.160 e. The third-order valence-electron chi connectivity index (χ3n) is 10.2. The second kappa shape index (κ2) is 12.9. The quantitative estimate of drug-likeness (QED) is 0.176. The second-order valence-corrected chi connectivity index (χ2v) is 13.5. The number of hydrogen-bond donors (Lipinski definition) is 0.